The van der Waals surface area contributed by atoms with Crippen LogP contribution in [0.5, 0.6) is 11.5 Å². The molecule has 0 saturated carbocycles. The summed E-state index contributed by atoms with van der Waals surface area (Å²) in [4.78, 5) is 12.6. The van der Waals surface area contributed by atoms with Gasteiger partial charge >= 0.3 is 5.97 Å². The average molecular weight is 388 g/mol. The summed E-state index contributed by atoms with van der Waals surface area (Å²) in [6, 6.07) is 12.0. The molecule has 2 rings (SSSR count). The number of benzene rings is 2. The first-order valence-electron chi connectivity index (χ1n) is 9.13. The van der Waals surface area contributed by atoms with Gasteiger partial charge in [0.2, 0.25) is 0 Å². The molecule has 0 fully saturated rings. The van der Waals surface area contributed by atoms with Gasteiger partial charge in [-0.05, 0) is 55.3 Å². The van der Waals surface area contributed by atoms with Crippen LogP contribution in [-0.2, 0) is 11.2 Å². The van der Waals surface area contributed by atoms with E-state index < -0.39 is 12.1 Å². The van der Waals surface area contributed by atoms with Crippen molar-refractivity contribution in [1.29, 1.82) is 0 Å². The number of carbonyl (C=O) groups is 1. The number of nitrogens with zero attached hydrogens (tertiary/aromatic N) is 1. The largest absolute Gasteiger partial charge is 0.508 e. The maximum Gasteiger partial charge on any atom is 0.341 e. The van der Waals surface area contributed by atoms with E-state index in [4.69, 9.17) is 9.84 Å². The molecule has 0 aliphatic rings. The highest BCUT2D eigenvalue weighted by Crippen LogP contribution is 2.28. The van der Waals surface area contributed by atoms with E-state index >= 15 is 0 Å². The van der Waals surface area contributed by atoms with Crippen LogP contribution < -0.4 is 15.0 Å². The SMILES string of the molecule is C[C@H](NCCc1ccc(OCC(=O)O)c(N(C)C)c1)[C@H](O)c1ccc(O)cc1. The number of aliphatic carboxylic acids is 1. The molecule has 152 valence electrons. The maximum atomic E-state index is 10.7. The molecular formula is C21H28N2O5. The summed E-state index contributed by atoms with van der Waals surface area (Å²) in [5.74, 6) is -0.316. The van der Waals surface area contributed by atoms with Gasteiger partial charge in [0, 0.05) is 20.1 Å². The van der Waals surface area contributed by atoms with Gasteiger partial charge in [-0.3, -0.25) is 0 Å². The smallest absolute Gasteiger partial charge is 0.341 e. The number of aliphatic hydroxyl groups is 1. The minimum absolute atomic E-state index is 0.156. The van der Waals surface area contributed by atoms with Crippen LogP contribution in [0, 0.1) is 0 Å². The number of carboxylic acids is 1. The number of anilines is 1. The average Bonchev–Trinajstić information content (AvgIpc) is 2.66. The fourth-order valence-corrected chi connectivity index (χ4v) is 2.85. The van der Waals surface area contributed by atoms with E-state index in [0.717, 1.165) is 23.2 Å². The molecule has 0 amide bonds. The number of carboxylic acid groups (broad SMARTS) is 1. The molecule has 0 bridgehead atoms. The highest BCUT2D eigenvalue weighted by Gasteiger charge is 2.16. The Morgan fingerprint density at radius 2 is 1.86 bits per heavy atom. The fraction of sp³-hybridized carbons (Fsp3) is 0.381. The van der Waals surface area contributed by atoms with Crippen molar-refractivity contribution in [3.63, 3.8) is 0 Å². The van der Waals surface area contributed by atoms with E-state index in [2.05, 4.69) is 5.32 Å². The number of nitrogens with one attached hydrogen (secondary N) is 1. The fourth-order valence-electron chi connectivity index (χ4n) is 2.85. The summed E-state index contributed by atoms with van der Waals surface area (Å²) in [7, 11) is 3.75. The second-order valence-corrected chi connectivity index (χ2v) is 6.91. The van der Waals surface area contributed by atoms with E-state index in [-0.39, 0.29) is 18.4 Å². The first kappa shape index (κ1) is 21.5. The molecule has 2 aromatic carbocycles. The molecule has 0 saturated heterocycles. The van der Waals surface area contributed by atoms with Gasteiger partial charge in [0.25, 0.3) is 0 Å². The number of aliphatic hydroxyl groups excluding tert-OH is 1. The first-order valence-corrected chi connectivity index (χ1v) is 9.13. The van der Waals surface area contributed by atoms with Gasteiger partial charge in [-0.25, -0.2) is 4.79 Å². The lowest BCUT2D eigenvalue weighted by Gasteiger charge is -2.21. The Kier molecular flexibility index (Phi) is 7.66. The van der Waals surface area contributed by atoms with Gasteiger partial charge in [-0.15, -0.1) is 0 Å². The maximum absolute atomic E-state index is 10.7. The van der Waals surface area contributed by atoms with E-state index in [1.54, 1.807) is 30.3 Å². The molecule has 7 nitrogen and oxygen atoms in total. The predicted octanol–water partition coefficient (Wildman–Crippen LogP) is 2.18. The van der Waals surface area contributed by atoms with Crippen LogP contribution in [0.2, 0.25) is 0 Å². The van der Waals surface area contributed by atoms with Crippen molar-refractivity contribution in [3.8, 4) is 11.5 Å². The van der Waals surface area contributed by atoms with Crippen molar-refractivity contribution in [2.75, 3.05) is 32.1 Å². The number of aromatic hydroxyl groups is 1. The summed E-state index contributed by atoms with van der Waals surface area (Å²) in [5, 5.41) is 31.9. The molecule has 0 heterocycles. The van der Waals surface area contributed by atoms with E-state index in [9.17, 15) is 15.0 Å². The van der Waals surface area contributed by atoms with Gasteiger partial charge < -0.3 is 30.3 Å². The zero-order valence-electron chi connectivity index (χ0n) is 16.4. The zero-order valence-corrected chi connectivity index (χ0v) is 16.4. The summed E-state index contributed by atoms with van der Waals surface area (Å²) < 4.78 is 5.34. The molecule has 0 radical (unpaired) electrons. The number of rotatable bonds is 10. The number of hydrogen-bond donors (Lipinski definition) is 4. The number of phenolic OH excluding ortho intramolecular Hbond substituents is 1. The highest BCUT2D eigenvalue weighted by molar-refractivity contribution is 5.69. The second-order valence-electron chi connectivity index (χ2n) is 6.91. The second kappa shape index (κ2) is 9.96. The Labute approximate surface area is 165 Å². The monoisotopic (exact) mass is 388 g/mol. The van der Waals surface area contributed by atoms with Gasteiger partial charge in [0.05, 0.1) is 11.8 Å². The molecule has 4 N–H and O–H groups in total. The molecular weight excluding hydrogens is 360 g/mol. The summed E-state index contributed by atoms with van der Waals surface area (Å²) in [5.41, 5.74) is 2.63. The van der Waals surface area contributed by atoms with Crippen LogP contribution >= 0.6 is 0 Å². The summed E-state index contributed by atoms with van der Waals surface area (Å²) in [6.45, 7) is 2.19. The van der Waals surface area contributed by atoms with E-state index in [1.165, 1.54) is 0 Å². The molecule has 7 heteroatoms. The van der Waals surface area contributed by atoms with E-state index in [1.807, 2.05) is 38.1 Å². The van der Waals surface area contributed by atoms with Crippen LogP contribution in [0.3, 0.4) is 0 Å². The minimum atomic E-state index is -1.01. The lowest BCUT2D eigenvalue weighted by atomic mass is 10.0. The van der Waals surface area contributed by atoms with Crippen LogP contribution in [0.25, 0.3) is 0 Å². The zero-order chi connectivity index (χ0) is 20.7. The number of phenols is 1. The van der Waals surface area contributed by atoms with Crippen molar-refractivity contribution in [2.24, 2.45) is 0 Å². The molecule has 0 aliphatic heterocycles. The summed E-state index contributed by atoms with van der Waals surface area (Å²) >= 11 is 0. The Balaban J connectivity index is 1.93. The van der Waals surface area contributed by atoms with Gasteiger partial charge in [0.1, 0.15) is 11.5 Å². The molecule has 2 aromatic rings. The van der Waals surface area contributed by atoms with Crippen LogP contribution in [0.4, 0.5) is 5.69 Å². The van der Waals surface area contributed by atoms with Crippen molar-refractivity contribution in [3.05, 3.63) is 53.6 Å². The minimum Gasteiger partial charge on any atom is -0.508 e. The molecule has 0 spiro atoms. The normalized spacial score (nSPS) is 13.0. The van der Waals surface area contributed by atoms with Crippen molar-refractivity contribution in [2.45, 2.75) is 25.5 Å². The Bertz CT molecular complexity index is 777. The Hall–Kier alpha value is -2.77. The van der Waals surface area contributed by atoms with Gasteiger partial charge in [0.15, 0.2) is 6.61 Å². The van der Waals surface area contributed by atoms with E-state index in [0.29, 0.717) is 12.3 Å². The lowest BCUT2D eigenvalue weighted by molar-refractivity contribution is -0.139. The molecule has 28 heavy (non-hydrogen) atoms. The predicted molar refractivity (Wildman–Crippen MR) is 108 cm³/mol. The number of hydrogen-bond acceptors (Lipinski definition) is 6. The van der Waals surface area contributed by atoms with Crippen LogP contribution in [-0.4, -0.2) is 54.6 Å². The molecule has 0 aromatic heterocycles. The molecule has 0 unspecified atom stereocenters. The Morgan fingerprint density at radius 1 is 1.18 bits per heavy atom. The van der Waals surface area contributed by atoms with Crippen molar-refractivity contribution >= 4 is 11.7 Å². The molecule has 0 aliphatic carbocycles. The third-order valence-corrected chi connectivity index (χ3v) is 4.44. The third kappa shape index (κ3) is 6.14. The third-order valence-electron chi connectivity index (χ3n) is 4.44. The van der Waals surface area contributed by atoms with Crippen molar-refractivity contribution < 1.29 is 24.9 Å². The van der Waals surface area contributed by atoms with Gasteiger partial charge in [-0.2, -0.15) is 0 Å². The highest BCUT2D eigenvalue weighted by atomic mass is 16.5. The van der Waals surface area contributed by atoms with Crippen LogP contribution in [0.15, 0.2) is 42.5 Å². The lowest BCUT2D eigenvalue weighted by Crippen LogP contribution is -2.33. The first-order chi connectivity index (χ1) is 13.3. The summed E-state index contributed by atoms with van der Waals surface area (Å²) in [6.07, 6.45) is 0.0666. The quantitative estimate of drug-likeness (QED) is 0.495. The van der Waals surface area contributed by atoms with Crippen LogP contribution in [0.1, 0.15) is 24.2 Å². The van der Waals surface area contributed by atoms with Crippen molar-refractivity contribution in [1.82, 2.24) is 5.32 Å². The van der Waals surface area contributed by atoms with Gasteiger partial charge in [-0.1, -0.05) is 18.2 Å². The Morgan fingerprint density at radius 3 is 2.46 bits per heavy atom. The topological polar surface area (TPSA) is 102 Å². The standard InChI is InChI=1S/C21H28N2O5/c1-14(21(27)16-5-7-17(24)8-6-16)22-11-10-15-4-9-19(28-13-20(25)26)18(12-15)23(2)3/h4-9,12,14,21-22,24,27H,10-11,13H2,1-3H3,(H,25,26)/t14-,21-/m0/s1. The number of ether oxygens (including phenoxy) is 1. The molecule has 2 atom stereocenters.